The first-order chi connectivity index (χ1) is 7.13. The molecule has 1 rings (SSSR count). The average molecular weight is 230 g/mol. The zero-order valence-corrected chi connectivity index (χ0v) is 9.30. The summed E-state index contributed by atoms with van der Waals surface area (Å²) >= 11 is 1.44. The third-order valence-electron chi connectivity index (χ3n) is 1.82. The molecule has 1 heterocycles. The maximum Gasteiger partial charge on any atom is 0.309 e. The lowest BCUT2D eigenvalue weighted by atomic mass is 10.3. The first-order valence-electron chi connectivity index (χ1n) is 4.66. The highest BCUT2D eigenvalue weighted by Gasteiger charge is 2.10. The summed E-state index contributed by atoms with van der Waals surface area (Å²) < 4.78 is 0. The van der Waals surface area contributed by atoms with Crippen molar-refractivity contribution in [2.45, 2.75) is 19.8 Å². The Labute approximate surface area is 91.8 Å². The molecule has 1 aromatic heterocycles. The molecule has 15 heavy (non-hydrogen) atoms. The van der Waals surface area contributed by atoms with Crippen LogP contribution >= 0.6 is 11.3 Å². The van der Waals surface area contributed by atoms with Crippen LogP contribution in [-0.4, -0.2) is 34.3 Å². The lowest BCUT2D eigenvalue weighted by molar-refractivity contribution is -0.136. The van der Waals surface area contributed by atoms with Gasteiger partial charge in [-0.2, -0.15) is 0 Å². The van der Waals surface area contributed by atoms with Crippen molar-refractivity contribution in [2.75, 3.05) is 18.5 Å². The molecule has 0 saturated heterocycles. The number of aliphatic carboxylic acids is 1. The number of aromatic nitrogens is 1. The number of aliphatic hydroxyl groups excluding tert-OH is 1. The number of anilines is 1. The minimum atomic E-state index is -0.870. The normalized spacial score (nSPS) is 10.3. The molecule has 84 valence electrons. The van der Waals surface area contributed by atoms with E-state index in [9.17, 15) is 4.79 Å². The molecule has 1 aromatic rings. The number of hydrogen-bond donors (Lipinski definition) is 3. The number of rotatable bonds is 6. The van der Waals surface area contributed by atoms with Crippen LogP contribution in [-0.2, 0) is 11.2 Å². The fourth-order valence-electron chi connectivity index (χ4n) is 1.09. The van der Waals surface area contributed by atoms with Crippen molar-refractivity contribution in [3.05, 3.63) is 10.6 Å². The highest BCUT2D eigenvalue weighted by molar-refractivity contribution is 7.15. The van der Waals surface area contributed by atoms with Crippen LogP contribution in [0.15, 0.2) is 0 Å². The fraction of sp³-hybridized carbons (Fsp3) is 0.556. The Bertz CT molecular complexity index is 338. The minimum absolute atomic E-state index is 0.0377. The van der Waals surface area contributed by atoms with Crippen molar-refractivity contribution in [3.8, 4) is 0 Å². The Morgan fingerprint density at radius 2 is 2.33 bits per heavy atom. The molecular weight excluding hydrogens is 216 g/mol. The van der Waals surface area contributed by atoms with Gasteiger partial charge in [0.25, 0.3) is 0 Å². The van der Waals surface area contributed by atoms with Gasteiger partial charge in [-0.3, -0.25) is 4.79 Å². The highest BCUT2D eigenvalue weighted by atomic mass is 32.1. The maximum atomic E-state index is 10.5. The predicted octanol–water partition coefficient (Wildman–Crippen LogP) is 0.873. The molecule has 6 heteroatoms. The molecule has 0 atom stereocenters. The molecule has 0 unspecified atom stereocenters. The molecule has 0 bridgehead atoms. The van der Waals surface area contributed by atoms with Crippen LogP contribution in [0.1, 0.15) is 17.0 Å². The molecular formula is C9H14N2O3S. The summed E-state index contributed by atoms with van der Waals surface area (Å²) in [5, 5.41) is 21.0. The van der Waals surface area contributed by atoms with Crippen molar-refractivity contribution in [3.63, 3.8) is 0 Å². The van der Waals surface area contributed by atoms with E-state index in [2.05, 4.69) is 10.3 Å². The number of aliphatic hydroxyl groups is 1. The first-order valence-corrected chi connectivity index (χ1v) is 5.48. The summed E-state index contributed by atoms with van der Waals surface area (Å²) in [5.74, 6) is -0.870. The molecule has 0 aromatic carbocycles. The van der Waals surface area contributed by atoms with Crippen LogP contribution in [0.3, 0.4) is 0 Å². The van der Waals surface area contributed by atoms with Gasteiger partial charge in [-0.1, -0.05) is 0 Å². The predicted molar refractivity (Wildman–Crippen MR) is 58.4 cm³/mol. The summed E-state index contributed by atoms with van der Waals surface area (Å²) in [4.78, 5) is 15.6. The number of nitrogens with one attached hydrogen (secondary N) is 1. The van der Waals surface area contributed by atoms with Crippen molar-refractivity contribution >= 4 is 22.4 Å². The molecule has 3 N–H and O–H groups in total. The van der Waals surface area contributed by atoms with E-state index in [0.29, 0.717) is 18.7 Å². The summed E-state index contributed by atoms with van der Waals surface area (Å²) in [7, 11) is 0. The molecule has 0 saturated carbocycles. The Balaban J connectivity index is 2.56. The largest absolute Gasteiger partial charge is 0.481 e. The van der Waals surface area contributed by atoms with Gasteiger partial charge in [0, 0.05) is 18.0 Å². The van der Waals surface area contributed by atoms with E-state index < -0.39 is 5.97 Å². The van der Waals surface area contributed by atoms with E-state index in [4.69, 9.17) is 10.2 Å². The van der Waals surface area contributed by atoms with E-state index in [1.54, 1.807) is 0 Å². The van der Waals surface area contributed by atoms with Gasteiger partial charge in [-0.25, -0.2) is 4.98 Å². The minimum Gasteiger partial charge on any atom is -0.481 e. The molecule has 0 amide bonds. The summed E-state index contributed by atoms with van der Waals surface area (Å²) in [6, 6.07) is 0. The van der Waals surface area contributed by atoms with E-state index >= 15 is 0 Å². The van der Waals surface area contributed by atoms with Gasteiger partial charge in [0.2, 0.25) is 0 Å². The molecule has 5 nitrogen and oxygen atoms in total. The van der Waals surface area contributed by atoms with Crippen molar-refractivity contribution in [1.29, 1.82) is 0 Å². The molecule has 0 aliphatic carbocycles. The van der Waals surface area contributed by atoms with Crippen molar-refractivity contribution in [1.82, 2.24) is 4.98 Å². The topological polar surface area (TPSA) is 82.5 Å². The third-order valence-corrected chi connectivity index (χ3v) is 2.79. The van der Waals surface area contributed by atoms with Crippen LogP contribution in [0.5, 0.6) is 0 Å². The second-order valence-electron chi connectivity index (χ2n) is 3.10. The summed E-state index contributed by atoms with van der Waals surface area (Å²) in [5.41, 5.74) is 0.610. The zero-order chi connectivity index (χ0) is 11.3. The smallest absolute Gasteiger partial charge is 0.309 e. The molecule has 0 aliphatic heterocycles. The standard InChI is InChI=1S/C9H14N2O3S/c1-6-7(5-8(13)14)11-9(15-6)10-3-2-4-12/h12H,2-5H2,1H3,(H,10,11)(H,13,14). The zero-order valence-electron chi connectivity index (χ0n) is 8.49. The van der Waals surface area contributed by atoms with Gasteiger partial charge in [-0.05, 0) is 13.3 Å². The maximum absolute atomic E-state index is 10.5. The van der Waals surface area contributed by atoms with E-state index in [1.807, 2.05) is 6.92 Å². The molecule has 0 spiro atoms. The van der Waals surface area contributed by atoms with E-state index in [1.165, 1.54) is 11.3 Å². The Kier molecular flexibility index (Phi) is 4.51. The summed E-state index contributed by atoms with van der Waals surface area (Å²) in [6.45, 7) is 2.64. The van der Waals surface area contributed by atoms with Gasteiger partial charge in [-0.15, -0.1) is 11.3 Å². The van der Waals surface area contributed by atoms with Crippen molar-refractivity contribution < 1.29 is 15.0 Å². The first kappa shape index (κ1) is 11.9. The number of aryl methyl sites for hydroxylation is 1. The van der Waals surface area contributed by atoms with Crippen LogP contribution in [0.2, 0.25) is 0 Å². The number of carbonyl (C=O) groups is 1. The molecule has 0 aliphatic rings. The Morgan fingerprint density at radius 3 is 2.93 bits per heavy atom. The van der Waals surface area contributed by atoms with Gasteiger partial charge >= 0.3 is 5.97 Å². The van der Waals surface area contributed by atoms with Crippen molar-refractivity contribution in [2.24, 2.45) is 0 Å². The average Bonchev–Trinajstić information content (AvgIpc) is 2.47. The SMILES string of the molecule is Cc1sc(NCCCO)nc1CC(=O)O. The van der Waals surface area contributed by atoms with Gasteiger partial charge < -0.3 is 15.5 Å². The Hall–Kier alpha value is -1.14. The summed E-state index contributed by atoms with van der Waals surface area (Å²) in [6.07, 6.45) is 0.622. The number of nitrogens with zero attached hydrogens (tertiary/aromatic N) is 1. The van der Waals surface area contributed by atoms with Gasteiger partial charge in [0.15, 0.2) is 5.13 Å². The molecule has 0 radical (unpaired) electrons. The second kappa shape index (κ2) is 5.67. The number of thiazole rings is 1. The fourth-order valence-corrected chi connectivity index (χ4v) is 1.94. The molecule has 0 fully saturated rings. The third kappa shape index (κ3) is 3.85. The van der Waals surface area contributed by atoms with E-state index in [0.717, 1.165) is 10.0 Å². The van der Waals surface area contributed by atoms with Gasteiger partial charge in [0.05, 0.1) is 12.1 Å². The number of carboxylic acids is 1. The lowest BCUT2D eigenvalue weighted by Crippen LogP contribution is -2.04. The Morgan fingerprint density at radius 1 is 1.60 bits per heavy atom. The quantitative estimate of drug-likeness (QED) is 0.632. The van der Waals surface area contributed by atoms with E-state index in [-0.39, 0.29) is 13.0 Å². The highest BCUT2D eigenvalue weighted by Crippen LogP contribution is 2.22. The number of carboxylic acid groups (broad SMARTS) is 1. The van der Waals surface area contributed by atoms with Crippen LogP contribution in [0.4, 0.5) is 5.13 Å². The van der Waals surface area contributed by atoms with Crippen LogP contribution in [0, 0.1) is 6.92 Å². The lowest BCUT2D eigenvalue weighted by Gasteiger charge is -1.98. The number of hydrogen-bond acceptors (Lipinski definition) is 5. The van der Waals surface area contributed by atoms with Crippen LogP contribution < -0.4 is 5.32 Å². The van der Waals surface area contributed by atoms with Gasteiger partial charge in [0.1, 0.15) is 0 Å². The monoisotopic (exact) mass is 230 g/mol. The van der Waals surface area contributed by atoms with Crippen LogP contribution in [0.25, 0.3) is 0 Å². The second-order valence-corrected chi connectivity index (χ2v) is 4.30.